The average molecular weight is 291 g/mol. The van der Waals surface area contributed by atoms with Gasteiger partial charge in [-0.15, -0.1) is 0 Å². The van der Waals surface area contributed by atoms with Crippen LogP contribution in [0.5, 0.6) is 5.75 Å². The molecule has 0 atom stereocenters. The lowest BCUT2D eigenvalue weighted by Gasteiger charge is -2.00. The molecule has 0 heterocycles. The van der Waals surface area contributed by atoms with Crippen LogP contribution in [0, 0.1) is 6.57 Å². The van der Waals surface area contributed by atoms with E-state index in [-0.39, 0.29) is 5.97 Å². The topological polar surface area (TPSA) is 55.4 Å². The Morgan fingerprint density at radius 1 is 1.00 bits per heavy atom. The van der Waals surface area contributed by atoms with E-state index >= 15 is 0 Å². The molecule has 0 amide bonds. The molecule has 22 heavy (non-hydrogen) atoms. The Morgan fingerprint density at radius 3 is 1.95 bits per heavy atom. The Labute approximate surface area is 128 Å². The summed E-state index contributed by atoms with van der Waals surface area (Å²) >= 11 is 0. The molecule has 5 heteroatoms. The molecule has 2 rings (SSSR count). The Morgan fingerprint density at radius 2 is 1.50 bits per heavy atom. The summed E-state index contributed by atoms with van der Waals surface area (Å²) in [6, 6.07) is 14.0. The van der Waals surface area contributed by atoms with Crippen LogP contribution in [0.1, 0.15) is 18.1 Å². The van der Waals surface area contributed by atoms with Crippen LogP contribution < -0.4 is 4.74 Å². The highest BCUT2D eigenvalue weighted by Crippen LogP contribution is 2.12. The van der Waals surface area contributed by atoms with Crippen LogP contribution in [-0.4, -0.2) is 18.4 Å². The molecule has 2 aromatic rings. The van der Waals surface area contributed by atoms with E-state index in [1.807, 2.05) is 0 Å². The van der Waals surface area contributed by atoms with Crippen molar-refractivity contribution in [2.75, 3.05) is 0 Å². The zero-order valence-corrected chi connectivity index (χ0v) is 11.9. The van der Waals surface area contributed by atoms with E-state index in [1.54, 1.807) is 61.0 Å². The van der Waals surface area contributed by atoms with Gasteiger partial charge in [-0.3, -0.25) is 4.79 Å². The van der Waals surface area contributed by atoms with Gasteiger partial charge in [-0.2, -0.15) is 10.2 Å². The van der Waals surface area contributed by atoms with Gasteiger partial charge in [0.2, 0.25) is 0 Å². The molecule has 0 unspecified atom stereocenters. The summed E-state index contributed by atoms with van der Waals surface area (Å²) in [6.45, 7) is 8.23. The fourth-order valence-electron chi connectivity index (χ4n) is 1.62. The third-order valence-electron chi connectivity index (χ3n) is 2.64. The molecule has 5 nitrogen and oxygen atoms in total. The van der Waals surface area contributed by atoms with Crippen molar-refractivity contribution in [2.24, 2.45) is 10.2 Å². The second-order valence-corrected chi connectivity index (χ2v) is 4.36. The fraction of sp³-hybridized carbons (Fsp3) is 0.0588. The van der Waals surface area contributed by atoms with Gasteiger partial charge in [0.05, 0.1) is 19.0 Å². The Hall–Kier alpha value is -3.26. The van der Waals surface area contributed by atoms with Crippen LogP contribution in [-0.2, 0) is 4.79 Å². The Balaban J connectivity index is 1.95. The molecule has 2 aromatic carbocycles. The Bertz CT molecular complexity index is 739. The van der Waals surface area contributed by atoms with E-state index < -0.39 is 0 Å². The van der Waals surface area contributed by atoms with Crippen molar-refractivity contribution >= 4 is 24.1 Å². The zero-order valence-electron chi connectivity index (χ0n) is 11.9. The monoisotopic (exact) mass is 291 g/mol. The summed E-state index contributed by atoms with van der Waals surface area (Å²) in [5, 5.41) is 7.89. The predicted octanol–water partition coefficient (Wildman–Crippen LogP) is 3.62. The molecule has 0 aliphatic rings. The lowest BCUT2D eigenvalue weighted by atomic mass is 10.2. The molecule has 108 valence electrons. The fourth-order valence-corrected chi connectivity index (χ4v) is 1.62. The first-order chi connectivity index (χ1) is 10.7. The van der Waals surface area contributed by atoms with Gasteiger partial charge in [0.15, 0.2) is 5.69 Å². The lowest BCUT2D eigenvalue weighted by Crippen LogP contribution is -2.00. The summed E-state index contributed by atoms with van der Waals surface area (Å²) in [6.07, 6.45) is 3.21. The number of nitrogens with zero attached hydrogens (tertiary/aromatic N) is 3. The van der Waals surface area contributed by atoms with Gasteiger partial charge in [-0.1, -0.05) is 24.3 Å². The van der Waals surface area contributed by atoms with Crippen molar-refractivity contribution in [1.29, 1.82) is 0 Å². The quantitative estimate of drug-likeness (QED) is 0.284. The standard InChI is InChI=1S/C17H13N3O2/c1-13(21)22-17-9-5-15(6-10-17)12-20-19-11-14-3-7-16(18-2)8-4-14/h3-12H,1H3/b19-11-,20-12-. The average Bonchev–Trinajstić information content (AvgIpc) is 2.53. The van der Waals surface area contributed by atoms with Gasteiger partial charge in [-0.05, 0) is 35.4 Å². The van der Waals surface area contributed by atoms with Crippen LogP contribution >= 0.6 is 0 Å². The number of hydrogen-bond donors (Lipinski definition) is 0. The minimum absolute atomic E-state index is 0.352. The van der Waals surface area contributed by atoms with Crippen LogP contribution in [0.3, 0.4) is 0 Å². The number of hydrogen-bond acceptors (Lipinski definition) is 4. The molecular weight excluding hydrogens is 278 g/mol. The molecule has 0 spiro atoms. The molecule has 0 fully saturated rings. The molecular formula is C17H13N3O2. The van der Waals surface area contributed by atoms with Gasteiger partial charge >= 0.3 is 5.97 Å². The highest BCUT2D eigenvalue weighted by atomic mass is 16.5. The van der Waals surface area contributed by atoms with E-state index in [2.05, 4.69) is 15.0 Å². The third-order valence-corrected chi connectivity index (χ3v) is 2.64. The first kappa shape index (κ1) is 15.1. The summed E-state index contributed by atoms with van der Waals surface area (Å²) in [7, 11) is 0. The molecule has 0 aliphatic heterocycles. The molecule has 0 bridgehead atoms. The van der Waals surface area contributed by atoms with E-state index in [0.29, 0.717) is 11.4 Å². The van der Waals surface area contributed by atoms with E-state index in [1.165, 1.54) is 6.92 Å². The van der Waals surface area contributed by atoms with E-state index in [0.717, 1.165) is 11.1 Å². The maximum absolute atomic E-state index is 10.8. The number of carbonyl (C=O) groups is 1. The van der Waals surface area contributed by atoms with Crippen LogP contribution in [0.4, 0.5) is 5.69 Å². The summed E-state index contributed by atoms with van der Waals surface area (Å²) < 4.78 is 4.94. The van der Waals surface area contributed by atoms with Crippen molar-refractivity contribution < 1.29 is 9.53 Å². The van der Waals surface area contributed by atoms with Crippen LogP contribution in [0.2, 0.25) is 0 Å². The minimum Gasteiger partial charge on any atom is -0.427 e. The lowest BCUT2D eigenvalue weighted by molar-refractivity contribution is -0.131. The molecule has 0 aliphatic carbocycles. The largest absolute Gasteiger partial charge is 0.427 e. The molecule has 0 aromatic heterocycles. The SMILES string of the molecule is [C-]#[N+]c1ccc(/C=N\N=C/c2ccc(OC(C)=O)cc2)cc1. The Kier molecular flexibility index (Phi) is 5.16. The number of carbonyl (C=O) groups excluding carboxylic acids is 1. The van der Waals surface area contributed by atoms with Gasteiger partial charge < -0.3 is 4.74 Å². The number of ether oxygens (including phenoxy) is 1. The molecule has 0 saturated heterocycles. The van der Waals surface area contributed by atoms with Gasteiger partial charge in [0.25, 0.3) is 0 Å². The summed E-state index contributed by atoms with van der Waals surface area (Å²) in [4.78, 5) is 14.1. The maximum atomic E-state index is 10.8. The maximum Gasteiger partial charge on any atom is 0.308 e. The number of esters is 1. The van der Waals surface area contributed by atoms with Gasteiger partial charge in [0.1, 0.15) is 5.75 Å². The van der Waals surface area contributed by atoms with Crippen molar-refractivity contribution in [2.45, 2.75) is 6.92 Å². The first-order valence-corrected chi connectivity index (χ1v) is 6.50. The predicted molar refractivity (Wildman–Crippen MR) is 85.6 cm³/mol. The van der Waals surface area contributed by atoms with E-state index in [4.69, 9.17) is 11.3 Å². The second-order valence-electron chi connectivity index (χ2n) is 4.36. The van der Waals surface area contributed by atoms with Crippen molar-refractivity contribution in [3.63, 3.8) is 0 Å². The second kappa shape index (κ2) is 7.50. The third kappa shape index (κ3) is 4.69. The van der Waals surface area contributed by atoms with Gasteiger partial charge in [0, 0.05) is 6.92 Å². The molecule has 0 N–H and O–H groups in total. The first-order valence-electron chi connectivity index (χ1n) is 6.50. The molecule has 0 saturated carbocycles. The number of rotatable bonds is 4. The van der Waals surface area contributed by atoms with E-state index in [9.17, 15) is 4.79 Å². The summed E-state index contributed by atoms with van der Waals surface area (Å²) in [5.74, 6) is 0.142. The van der Waals surface area contributed by atoms with Crippen molar-refractivity contribution in [1.82, 2.24) is 0 Å². The van der Waals surface area contributed by atoms with Crippen LogP contribution in [0.15, 0.2) is 58.7 Å². The minimum atomic E-state index is -0.352. The summed E-state index contributed by atoms with van der Waals surface area (Å²) in [5.41, 5.74) is 2.31. The van der Waals surface area contributed by atoms with Crippen LogP contribution in [0.25, 0.3) is 4.85 Å². The highest BCUT2D eigenvalue weighted by molar-refractivity contribution is 5.83. The smallest absolute Gasteiger partial charge is 0.308 e. The highest BCUT2D eigenvalue weighted by Gasteiger charge is 1.96. The van der Waals surface area contributed by atoms with Crippen molar-refractivity contribution in [3.8, 4) is 5.75 Å². The zero-order chi connectivity index (χ0) is 15.8. The normalized spacial score (nSPS) is 10.7. The number of benzene rings is 2. The van der Waals surface area contributed by atoms with Gasteiger partial charge in [-0.25, -0.2) is 4.85 Å². The van der Waals surface area contributed by atoms with Crippen molar-refractivity contribution in [3.05, 3.63) is 71.1 Å². The molecule has 0 radical (unpaired) electrons.